The van der Waals surface area contributed by atoms with Crippen LogP contribution in [0.3, 0.4) is 0 Å². The minimum absolute atomic E-state index is 0.0483. The molecular formula is C21H16F2N2O3. The second-order valence-electron chi connectivity index (χ2n) is 6.77. The Bertz CT molecular complexity index is 1130. The molecule has 28 heavy (non-hydrogen) atoms. The quantitative estimate of drug-likeness (QED) is 0.602. The molecule has 0 saturated heterocycles. The fourth-order valence-corrected chi connectivity index (χ4v) is 3.68. The molecule has 1 aromatic heterocycles. The van der Waals surface area contributed by atoms with Crippen molar-refractivity contribution >= 4 is 28.2 Å². The SMILES string of the molecule is CC1NC=C(C(=O)O)c2[nH]c3cc(F)ccc3c2C1C(=O)c1ccc(F)cc1. The first-order chi connectivity index (χ1) is 13.4. The van der Waals surface area contributed by atoms with Crippen LogP contribution in [0.15, 0.2) is 48.7 Å². The number of aromatic nitrogens is 1. The molecule has 0 saturated carbocycles. The number of ketones is 1. The summed E-state index contributed by atoms with van der Waals surface area (Å²) < 4.78 is 27.0. The largest absolute Gasteiger partial charge is 0.478 e. The Balaban J connectivity index is 1.96. The van der Waals surface area contributed by atoms with Gasteiger partial charge in [-0.1, -0.05) is 0 Å². The maximum Gasteiger partial charge on any atom is 0.339 e. The van der Waals surface area contributed by atoms with E-state index in [2.05, 4.69) is 10.3 Å². The first-order valence-corrected chi connectivity index (χ1v) is 8.67. The summed E-state index contributed by atoms with van der Waals surface area (Å²) in [6.07, 6.45) is 1.34. The monoisotopic (exact) mass is 382 g/mol. The molecule has 2 heterocycles. The number of carboxylic acid groups (broad SMARTS) is 1. The molecule has 1 aliphatic heterocycles. The van der Waals surface area contributed by atoms with E-state index in [1.54, 1.807) is 6.92 Å². The van der Waals surface area contributed by atoms with Crippen molar-refractivity contribution in [1.29, 1.82) is 0 Å². The number of H-pyrrole nitrogens is 1. The Morgan fingerprint density at radius 1 is 1.04 bits per heavy atom. The third kappa shape index (κ3) is 2.85. The van der Waals surface area contributed by atoms with Gasteiger partial charge < -0.3 is 15.4 Å². The lowest BCUT2D eigenvalue weighted by Gasteiger charge is -2.22. The Kier molecular flexibility index (Phi) is 4.22. The van der Waals surface area contributed by atoms with Gasteiger partial charge in [0.15, 0.2) is 5.78 Å². The van der Waals surface area contributed by atoms with Gasteiger partial charge in [0.05, 0.1) is 17.2 Å². The zero-order chi connectivity index (χ0) is 20.0. The van der Waals surface area contributed by atoms with Crippen LogP contribution in [-0.2, 0) is 4.79 Å². The predicted molar refractivity (Wildman–Crippen MR) is 99.9 cm³/mol. The van der Waals surface area contributed by atoms with Crippen LogP contribution in [0.1, 0.15) is 34.5 Å². The minimum Gasteiger partial charge on any atom is -0.478 e. The molecule has 0 spiro atoms. The highest BCUT2D eigenvalue weighted by molar-refractivity contribution is 6.18. The van der Waals surface area contributed by atoms with E-state index in [9.17, 15) is 23.5 Å². The fourth-order valence-electron chi connectivity index (χ4n) is 3.68. The highest BCUT2D eigenvalue weighted by Crippen LogP contribution is 2.38. The number of fused-ring (bicyclic) bond motifs is 3. The predicted octanol–water partition coefficient (Wildman–Crippen LogP) is 3.83. The molecule has 0 amide bonds. The molecule has 1 aliphatic rings. The van der Waals surface area contributed by atoms with Gasteiger partial charge in [0, 0.05) is 28.7 Å². The van der Waals surface area contributed by atoms with E-state index < -0.39 is 29.6 Å². The molecule has 4 rings (SSSR count). The summed E-state index contributed by atoms with van der Waals surface area (Å²) in [4.78, 5) is 28.0. The number of halogens is 2. The van der Waals surface area contributed by atoms with Crippen molar-refractivity contribution < 1.29 is 23.5 Å². The Labute approximate surface area is 158 Å². The van der Waals surface area contributed by atoms with E-state index in [0.29, 0.717) is 22.0 Å². The second kappa shape index (κ2) is 6.60. The van der Waals surface area contributed by atoms with Gasteiger partial charge in [-0.2, -0.15) is 0 Å². The molecule has 0 radical (unpaired) electrons. The maximum atomic E-state index is 13.7. The van der Waals surface area contributed by atoms with Gasteiger partial charge in [0.1, 0.15) is 11.6 Å². The van der Waals surface area contributed by atoms with Crippen molar-refractivity contribution in [3.05, 3.63) is 77.1 Å². The van der Waals surface area contributed by atoms with Gasteiger partial charge in [-0.3, -0.25) is 4.79 Å². The summed E-state index contributed by atoms with van der Waals surface area (Å²) in [6, 6.07) is 8.82. The van der Waals surface area contributed by atoms with Gasteiger partial charge in [-0.25, -0.2) is 13.6 Å². The van der Waals surface area contributed by atoms with E-state index in [-0.39, 0.29) is 17.1 Å². The molecule has 2 atom stereocenters. The Morgan fingerprint density at radius 2 is 1.71 bits per heavy atom. The summed E-state index contributed by atoms with van der Waals surface area (Å²) in [7, 11) is 0. The second-order valence-corrected chi connectivity index (χ2v) is 6.77. The van der Waals surface area contributed by atoms with Crippen LogP contribution in [0.5, 0.6) is 0 Å². The van der Waals surface area contributed by atoms with Crippen LogP contribution in [0.2, 0.25) is 0 Å². The highest BCUT2D eigenvalue weighted by Gasteiger charge is 2.36. The molecule has 0 bridgehead atoms. The molecule has 2 aromatic carbocycles. The summed E-state index contributed by atoms with van der Waals surface area (Å²) in [6.45, 7) is 1.76. The van der Waals surface area contributed by atoms with Crippen molar-refractivity contribution in [1.82, 2.24) is 10.3 Å². The average molecular weight is 382 g/mol. The standard InChI is InChI=1S/C21H16F2N2O3/c1-10-17(20(26)11-2-4-12(22)5-3-11)18-14-7-6-13(23)8-16(14)25-19(18)15(9-24-10)21(27)28/h2-10,17,24-25H,1H3,(H,27,28). The zero-order valence-electron chi connectivity index (χ0n) is 14.8. The normalized spacial score (nSPS) is 18.8. The van der Waals surface area contributed by atoms with Crippen LogP contribution in [0, 0.1) is 11.6 Å². The third-order valence-electron chi connectivity index (χ3n) is 5.01. The number of carboxylic acids is 1. The lowest BCUT2D eigenvalue weighted by atomic mass is 9.83. The number of carbonyl (C=O) groups excluding carboxylic acids is 1. The molecule has 0 aliphatic carbocycles. The van der Waals surface area contributed by atoms with E-state index in [4.69, 9.17) is 0 Å². The number of benzene rings is 2. The van der Waals surface area contributed by atoms with E-state index in [0.717, 1.165) is 0 Å². The Hall–Kier alpha value is -3.48. The minimum atomic E-state index is -1.18. The lowest BCUT2D eigenvalue weighted by molar-refractivity contribution is -0.130. The average Bonchev–Trinajstić information content (AvgIpc) is 2.93. The lowest BCUT2D eigenvalue weighted by Crippen LogP contribution is -2.32. The van der Waals surface area contributed by atoms with Crippen molar-refractivity contribution in [2.75, 3.05) is 0 Å². The van der Waals surface area contributed by atoms with Gasteiger partial charge in [-0.15, -0.1) is 0 Å². The van der Waals surface area contributed by atoms with E-state index in [1.807, 2.05) is 0 Å². The van der Waals surface area contributed by atoms with Crippen LogP contribution >= 0.6 is 0 Å². The molecule has 3 N–H and O–H groups in total. The molecule has 0 fully saturated rings. The van der Waals surface area contributed by atoms with Crippen molar-refractivity contribution in [3.8, 4) is 0 Å². The van der Waals surface area contributed by atoms with Crippen LogP contribution in [0.4, 0.5) is 8.78 Å². The van der Waals surface area contributed by atoms with Crippen molar-refractivity contribution in [3.63, 3.8) is 0 Å². The van der Waals surface area contributed by atoms with Gasteiger partial charge in [0.25, 0.3) is 0 Å². The first kappa shape index (κ1) is 17.9. The maximum absolute atomic E-state index is 13.7. The van der Waals surface area contributed by atoms with Crippen molar-refractivity contribution in [2.24, 2.45) is 0 Å². The van der Waals surface area contributed by atoms with Crippen LogP contribution in [0.25, 0.3) is 16.5 Å². The molecular weight excluding hydrogens is 366 g/mol. The van der Waals surface area contributed by atoms with E-state index >= 15 is 0 Å². The highest BCUT2D eigenvalue weighted by atomic mass is 19.1. The first-order valence-electron chi connectivity index (χ1n) is 8.67. The zero-order valence-corrected chi connectivity index (χ0v) is 14.8. The summed E-state index contributed by atoms with van der Waals surface area (Å²) in [5.74, 6) is -3.15. The molecule has 7 heteroatoms. The van der Waals surface area contributed by atoms with Crippen molar-refractivity contribution in [2.45, 2.75) is 18.9 Å². The number of aliphatic carboxylic acids is 1. The molecule has 2 unspecified atom stereocenters. The number of hydrogen-bond donors (Lipinski definition) is 3. The van der Waals surface area contributed by atoms with E-state index in [1.165, 1.54) is 48.7 Å². The molecule has 5 nitrogen and oxygen atoms in total. The third-order valence-corrected chi connectivity index (χ3v) is 5.01. The number of nitrogens with one attached hydrogen (secondary N) is 2. The fraction of sp³-hybridized carbons (Fsp3) is 0.143. The number of carbonyl (C=O) groups is 2. The number of Topliss-reactive ketones (excluding diaryl/α,β-unsaturated/α-hetero) is 1. The van der Waals surface area contributed by atoms with Crippen LogP contribution in [-0.4, -0.2) is 27.9 Å². The summed E-state index contributed by atoms with van der Waals surface area (Å²) in [5.41, 5.74) is 1.40. The van der Waals surface area contributed by atoms with Gasteiger partial charge in [0.2, 0.25) is 0 Å². The van der Waals surface area contributed by atoms with Gasteiger partial charge in [-0.05, 0) is 55.0 Å². The summed E-state index contributed by atoms with van der Waals surface area (Å²) >= 11 is 0. The smallest absolute Gasteiger partial charge is 0.339 e. The topological polar surface area (TPSA) is 82.2 Å². The van der Waals surface area contributed by atoms with Gasteiger partial charge >= 0.3 is 5.97 Å². The number of aromatic amines is 1. The molecule has 3 aromatic rings. The number of rotatable bonds is 3. The summed E-state index contributed by atoms with van der Waals surface area (Å²) in [5, 5.41) is 13.2. The molecule has 142 valence electrons. The number of hydrogen-bond acceptors (Lipinski definition) is 3. The Morgan fingerprint density at radius 3 is 2.39 bits per heavy atom. The van der Waals surface area contributed by atoms with Crippen LogP contribution < -0.4 is 5.32 Å².